The van der Waals surface area contributed by atoms with Crippen molar-refractivity contribution >= 4 is 35.0 Å². The fraction of sp³-hybridized carbons (Fsp3) is 0.400. The lowest BCUT2D eigenvalue weighted by molar-refractivity contribution is -0.113. The summed E-state index contributed by atoms with van der Waals surface area (Å²) in [5.41, 5.74) is 0.612. The molecule has 0 radical (unpaired) electrons. The Kier molecular flexibility index (Phi) is 5.60. The number of nitrogens with zero attached hydrogens (tertiary/aromatic N) is 2. The van der Waals surface area contributed by atoms with E-state index in [1.807, 2.05) is 0 Å². The minimum atomic E-state index is -0.162. The molecule has 1 aliphatic heterocycles. The second-order valence-corrected chi connectivity index (χ2v) is 6.54. The molecule has 1 aromatic heterocycles. The molecule has 0 saturated carbocycles. The molecule has 1 aromatic carbocycles. The number of aromatic nitrogens is 3. The largest absolute Gasteiger partial charge is 0.495 e. The van der Waals surface area contributed by atoms with E-state index in [1.54, 1.807) is 18.2 Å². The molecule has 9 heteroatoms. The van der Waals surface area contributed by atoms with Crippen molar-refractivity contribution < 1.29 is 14.3 Å². The van der Waals surface area contributed by atoms with Crippen LogP contribution in [0, 0.1) is 0 Å². The van der Waals surface area contributed by atoms with Crippen molar-refractivity contribution in [1.82, 2.24) is 15.2 Å². The van der Waals surface area contributed by atoms with E-state index >= 15 is 0 Å². The fourth-order valence-electron chi connectivity index (χ4n) is 2.33. The Labute approximate surface area is 148 Å². The maximum atomic E-state index is 12.0. The monoisotopic (exact) mass is 368 g/mol. The van der Waals surface area contributed by atoms with Crippen molar-refractivity contribution in [2.75, 3.05) is 24.8 Å². The summed E-state index contributed by atoms with van der Waals surface area (Å²) in [4.78, 5) is 16.4. The lowest BCUT2D eigenvalue weighted by atomic mass is 10.2. The number of rotatable bonds is 6. The molecule has 7 nitrogen and oxygen atoms in total. The molecule has 1 amide bonds. The Bertz CT molecular complexity index is 718. The number of nitrogens with one attached hydrogen (secondary N) is 2. The minimum Gasteiger partial charge on any atom is -0.495 e. The number of thioether (sulfide) groups is 1. The van der Waals surface area contributed by atoms with Crippen LogP contribution in [0.3, 0.4) is 0 Å². The molecular weight excluding hydrogens is 352 g/mol. The highest BCUT2D eigenvalue weighted by Crippen LogP contribution is 2.28. The van der Waals surface area contributed by atoms with Gasteiger partial charge in [0.05, 0.1) is 17.9 Å². The number of benzene rings is 1. The summed E-state index contributed by atoms with van der Waals surface area (Å²) >= 11 is 7.29. The van der Waals surface area contributed by atoms with Gasteiger partial charge in [0.25, 0.3) is 0 Å². The van der Waals surface area contributed by atoms with Crippen molar-refractivity contribution in [2.24, 2.45) is 0 Å². The van der Waals surface area contributed by atoms with E-state index in [2.05, 4.69) is 20.5 Å². The van der Waals surface area contributed by atoms with Crippen LogP contribution in [0.25, 0.3) is 0 Å². The quantitative estimate of drug-likeness (QED) is 0.762. The van der Waals surface area contributed by atoms with Gasteiger partial charge in [-0.25, -0.2) is 4.98 Å². The van der Waals surface area contributed by atoms with Gasteiger partial charge in [-0.05, 0) is 31.0 Å². The SMILES string of the molecule is COc1ccc(NC(=O)CSc2n[nH]c(C3CCCO3)n2)cc1Cl. The number of methoxy groups -OCH3 is 1. The highest BCUT2D eigenvalue weighted by atomic mass is 35.5. The number of hydrogen-bond donors (Lipinski definition) is 2. The van der Waals surface area contributed by atoms with Crippen LogP contribution in [0.4, 0.5) is 5.69 Å². The Morgan fingerprint density at radius 1 is 1.58 bits per heavy atom. The summed E-state index contributed by atoms with van der Waals surface area (Å²) in [6.07, 6.45) is 1.96. The summed E-state index contributed by atoms with van der Waals surface area (Å²) in [6, 6.07) is 5.08. The topological polar surface area (TPSA) is 89.1 Å². The standard InChI is InChI=1S/C15H17ClN4O3S/c1-22-11-5-4-9(7-10(11)16)17-13(21)8-24-15-18-14(19-20-15)12-3-2-6-23-12/h4-5,7,12H,2-3,6,8H2,1H3,(H,17,21)(H,18,19,20). The van der Waals surface area contributed by atoms with Gasteiger partial charge in [-0.15, -0.1) is 5.10 Å². The van der Waals surface area contributed by atoms with E-state index in [9.17, 15) is 4.79 Å². The zero-order chi connectivity index (χ0) is 16.9. The first kappa shape index (κ1) is 17.1. The van der Waals surface area contributed by atoms with Crippen LogP contribution in [0.1, 0.15) is 24.8 Å². The van der Waals surface area contributed by atoms with Gasteiger partial charge in [-0.2, -0.15) is 0 Å². The summed E-state index contributed by atoms with van der Waals surface area (Å²) in [7, 11) is 1.54. The van der Waals surface area contributed by atoms with Gasteiger partial charge in [0, 0.05) is 12.3 Å². The van der Waals surface area contributed by atoms with Crippen molar-refractivity contribution in [3.05, 3.63) is 29.0 Å². The molecule has 3 rings (SSSR count). The lowest BCUT2D eigenvalue weighted by Gasteiger charge is -2.07. The van der Waals surface area contributed by atoms with Gasteiger partial charge >= 0.3 is 0 Å². The average molecular weight is 369 g/mol. The first-order valence-electron chi connectivity index (χ1n) is 7.46. The number of carbonyl (C=O) groups excluding carboxylic acids is 1. The zero-order valence-electron chi connectivity index (χ0n) is 13.0. The molecule has 1 atom stereocenters. The van der Waals surface area contributed by atoms with Crippen LogP contribution in [0.2, 0.25) is 5.02 Å². The number of halogens is 1. The Hall–Kier alpha value is -1.77. The summed E-state index contributed by atoms with van der Waals surface area (Å²) in [5, 5.41) is 10.7. The molecule has 1 aliphatic rings. The molecule has 0 aliphatic carbocycles. The van der Waals surface area contributed by atoms with Gasteiger partial charge < -0.3 is 14.8 Å². The number of carbonyl (C=O) groups is 1. The summed E-state index contributed by atoms with van der Waals surface area (Å²) in [5.74, 6) is 1.32. The Morgan fingerprint density at radius 3 is 3.17 bits per heavy atom. The van der Waals surface area contributed by atoms with Gasteiger partial charge in [0.1, 0.15) is 11.9 Å². The molecule has 2 aromatic rings. The molecule has 2 N–H and O–H groups in total. The predicted molar refractivity (Wildman–Crippen MR) is 91.7 cm³/mol. The highest BCUT2D eigenvalue weighted by molar-refractivity contribution is 7.99. The first-order valence-corrected chi connectivity index (χ1v) is 8.82. The number of anilines is 1. The molecule has 24 heavy (non-hydrogen) atoms. The van der Waals surface area contributed by atoms with E-state index in [1.165, 1.54) is 18.9 Å². The highest BCUT2D eigenvalue weighted by Gasteiger charge is 2.21. The number of amides is 1. The van der Waals surface area contributed by atoms with Crippen LogP contribution in [-0.4, -0.2) is 40.6 Å². The average Bonchev–Trinajstić information content (AvgIpc) is 3.24. The third-order valence-electron chi connectivity index (χ3n) is 3.48. The Morgan fingerprint density at radius 2 is 2.46 bits per heavy atom. The third kappa shape index (κ3) is 4.19. The molecule has 1 saturated heterocycles. The van der Waals surface area contributed by atoms with Crippen LogP contribution in [0.5, 0.6) is 5.75 Å². The Balaban J connectivity index is 1.51. The maximum Gasteiger partial charge on any atom is 0.234 e. The lowest BCUT2D eigenvalue weighted by Crippen LogP contribution is -2.14. The predicted octanol–water partition coefficient (Wildman–Crippen LogP) is 3.05. The molecule has 2 heterocycles. The normalized spacial score (nSPS) is 17.0. The molecule has 128 valence electrons. The van der Waals surface area contributed by atoms with Gasteiger partial charge in [-0.1, -0.05) is 23.4 Å². The maximum absolute atomic E-state index is 12.0. The molecule has 1 fully saturated rings. The van der Waals surface area contributed by atoms with Crippen LogP contribution < -0.4 is 10.1 Å². The van der Waals surface area contributed by atoms with E-state index in [4.69, 9.17) is 21.1 Å². The summed E-state index contributed by atoms with van der Waals surface area (Å²) < 4.78 is 10.6. The van der Waals surface area contributed by atoms with Crippen LogP contribution in [-0.2, 0) is 9.53 Å². The molecule has 0 spiro atoms. The smallest absolute Gasteiger partial charge is 0.234 e. The molecule has 1 unspecified atom stereocenters. The minimum absolute atomic E-state index is 0.0119. The van der Waals surface area contributed by atoms with E-state index in [0.717, 1.165) is 25.3 Å². The van der Waals surface area contributed by atoms with Crippen molar-refractivity contribution in [3.63, 3.8) is 0 Å². The van der Waals surface area contributed by atoms with E-state index in [-0.39, 0.29) is 17.8 Å². The van der Waals surface area contributed by atoms with E-state index < -0.39 is 0 Å². The number of ether oxygens (including phenoxy) is 2. The number of hydrogen-bond acceptors (Lipinski definition) is 6. The van der Waals surface area contributed by atoms with Gasteiger partial charge in [0.2, 0.25) is 11.1 Å². The molecule has 0 bridgehead atoms. The molecular formula is C15H17ClN4O3S. The third-order valence-corrected chi connectivity index (χ3v) is 4.63. The van der Waals surface area contributed by atoms with Gasteiger partial charge in [-0.3, -0.25) is 9.89 Å². The van der Waals surface area contributed by atoms with Crippen molar-refractivity contribution in [3.8, 4) is 5.75 Å². The first-order chi connectivity index (χ1) is 11.7. The van der Waals surface area contributed by atoms with Crippen molar-refractivity contribution in [1.29, 1.82) is 0 Å². The number of H-pyrrole nitrogens is 1. The van der Waals surface area contributed by atoms with Crippen molar-refractivity contribution in [2.45, 2.75) is 24.1 Å². The second kappa shape index (κ2) is 7.87. The fourth-order valence-corrected chi connectivity index (χ4v) is 3.19. The summed E-state index contributed by atoms with van der Waals surface area (Å²) in [6.45, 7) is 0.751. The van der Waals surface area contributed by atoms with Crippen LogP contribution in [0.15, 0.2) is 23.4 Å². The second-order valence-electron chi connectivity index (χ2n) is 5.19. The van der Waals surface area contributed by atoms with E-state index in [0.29, 0.717) is 21.6 Å². The number of aromatic amines is 1. The van der Waals surface area contributed by atoms with Gasteiger partial charge in [0.15, 0.2) is 5.82 Å². The van der Waals surface area contributed by atoms with Crippen LogP contribution >= 0.6 is 23.4 Å². The zero-order valence-corrected chi connectivity index (χ0v) is 14.6.